The van der Waals surface area contributed by atoms with Crippen LogP contribution in [0.4, 0.5) is 8.78 Å². The molecule has 5 nitrogen and oxygen atoms in total. The number of rotatable bonds is 5. The van der Waals surface area contributed by atoms with E-state index in [2.05, 4.69) is 36.3 Å². The van der Waals surface area contributed by atoms with Crippen LogP contribution in [0.15, 0.2) is 78.5 Å². The van der Waals surface area contributed by atoms with E-state index in [0.717, 1.165) is 66.9 Å². The van der Waals surface area contributed by atoms with E-state index in [4.69, 9.17) is 18.4 Å². The molecule has 0 spiro atoms. The lowest BCUT2D eigenvalue weighted by Crippen LogP contribution is -2.39. The number of hydrogen-bond acceptors (Lipinski definition) is 6. The van der Waals surface area contributed by atoms with Gasteiger partial charge in [-0.3, -0.25) is 4.90 Å². The Bertz CT molecular complexity index is 1360. The van der Waals surface area contributed by atoms with Gasteiger partial charge in [-0.05, 0) is 72.0 Å². The first-order valence-corrected chi connectivity index (χ1v) is 15.1. The SMILES string of the molecule is C=CC(=C)F.CC.CC.COc1c(OSc2cccc(F)c2)ccc2c1CN1CCc3cc4c(cc3C1C2)OCCO4. The molecule has 3 aromatic rings. The molecule has 0 radical (unpaired) electrons. The lowest BCUT2D eigenvalue weighted by molar-refractivity contribution is 0.151. The van der Waals surface area contributed by atoms with E-state index in [9.17, 15) is 8.78 Å². The molecule has 6 rings (SSSR count). The molecule has 226 valence electrons. The van der Waals surface area contributed by atoms with Gasteiger partial charge in [0.05, 0.1) is 24.0 Å². The van der Waals surface area contributed by atoms with Gasteiger partial charge in [-0.25, -0.2) is 8.78 Å². The zero-order chi connectivity index (χ0) is 30.6. The van der Waals surface area contributed by atoms with Gasteiger partial charge in [-0.15, -0.1) is 0 Å². The number of ether oxygens (including phenoxy) is 3. The Morgan fingerprint density at radius 2 is 1.71 bits per heavy atom. The molecule has 0 fully saturated rings. The number of hydrogen-bond donors (Lipinski definition) is 0. The van der Waals surface area contributed by atoms with E-state index in [1.54, 1.807) is 13.2 Å². The third-order valence-corrected chi connectivity index (χ3v) is 7.53. The third-order valence-electron chi connectivity index (χ3n) is 6.82. The van der Waals surface area contributed by atoms with Gasteiger partial charge in [0.15, 0.2) is 23.0 Å². The zero-order valence-electron chi connectivity index (χ0n) is 25.2. The van der Waals surface area contributed by atoms with Crippen molar-refractivity contribution in [2.24, 2.45) is 0 Å². The van der Waals surface area contributed by atoms with Crippen molar-refractivity contribution >= 4 is 12.0 Å². The van der Waals surface area contributed by atoms with Crippen LogP contribution in [-0.4, -0.2) is 31.8 Å². The number of methoxy groups -OCH3 is 1. The number of nitrogens with zero attached hydrogens (tertiary/aromatic N) is 1. The van der Waals surface area contributed by atoms with Gasteiger partial charge in [-0.1, -0.05) is 53.0 Å². The fourth-order valence-electron chi connectivity index (χ4n) is 5.04. The quantitative estimate of drug-likeness (QED) is 0.216. The van der Waals surface area contributed by atoms with Crippen LogP contribution < -0.4 is 18.4 Å². The number of benzene rings is 3. The lowest BCUT2D eigenvalue weighted by atomic mass is 9.83. The first-order chi connectivity index (χ1) is 20.5. The minimum absolute atomic E-state index is 0.282. The summed E-state index contributed by atoms with van der Waals surface area (Å²) in [5, 5.41) is 0. The van der Waals surface area contributed by atoms with Gasteiger partial charge in [0.1, 0.15) is 24.9 Å². The molecule has 8 heteroatoms. The van der Waals surface area contributed by atoms with Gasteiger partial charge in [0, 0.05) is 24.7 Å². The van der Waals surface area contributed by atoms with Gasteiger partial charge < -0.3 is 18.4 Å². The smallest absolute Gasteiger partial charge is 0.180 e. The minimum atomic E-state index is -0.481. The fraction of sp³-hybridized carbons (Fsp3) is 0.353. The molecule has 1 unspecified atom stereocenters. The summed E-state index contributed by atoms with van der Waals surface area (Å²) in [6.45, 7) is 16.9. The first kappa shape index (κ1) is 33.0. The van der Waals surface area contributed by atoms with Crippen molar-refractivity contribution in [1.82, 2.24) is 4.90 Å². The summed E-state index contributed by atoms with van der Waals surface area (Å²) in [7, 11) is 1.68. The highest BCUT2D eigenvalue weighted by molar-refractivity contribution is 7.95. The average Bonchev–Trinajstić information content (AvgIpc) is 3.03. The molecule has 0 N–H and O–H groups in total. The Hall–Kier alpha value is -3.49. The van der Waals surface area contributed by atoms with Crippen LogP contribution in [0.2, 0.25) is 0 Å². The molecule has 3 aromatic carbocycles. The van der Waals surface area contributed by atoms with Crippen molar-refractivity contribution in [2.45, 2.75) is 58.0 Å². The molecule has 3 aliphatic rings. The van der Waals surface area contributed by atoms with E-state index < -0.39 is 5.83 Å². The van der Waals surface area contributed by atoms with Crippen molar-refractivity contribution in [3.63, 3.8) is 0 Å². The standard InChI is InChI=1S/C26H24FNO4S.C4H5F.2C2H6/c1-29-26-21-15-28-8-7-17-12-24-25(31-10-9-30-24)14-20(17)22(28)11-16(21)5-6-23(26)32-33-19-4-2-3-18(27)13-19;1-3-4(2)5;2*1-2/h2-6,12-14,22H,7-11,15H2,1H3;3H,1-2H2;2*1-2H3. The van der Waals surface area contributed by atoms with Crippen LogP contribution in [0, 0.1) is 5.82 Å². The normalized spacial score (nSPS) is 15.7. The second kappa shape index (κ2) is 16.2. The molecule has 0 amide bonds. The maximum atomic E-state index is 13.5. The van der Waals surface area contributed by atoms with Crippen LogP contribution in [-0.2, 0) is 19.4 Å². The van der Waals surface area contributed by atoms with Crippen LogP contribution in [0.1, 0.15) is 56.0 Å². The monoisotopic (exact) mass is 597 g/mol. The Kier molecular flexibility index (Phi) is 12.8. The zero-order valence-corrected chi connectivity index (χ0v) is 26.0. The highest BCUT2D eigenvalue weighted by Crippen LogP contribution is 2.47. The topological polar surface area (TPSA) is 40.2 Å². The molecule has 0 saturated carbocycles. The molecule has 0 saturated heterocycles. The van der Waals surface area contributed by atoms with Gasteiger partial charge >= 0.3 is 0 Å². The van der Waals surface area contributed by atoms with Gasteiger partial charge in [0.25, 0.3) is 0 Å². The van der Waals surface area contributed by atoms with E-state index in [1.165, 1.54) is 28.8 Å². The van der Waals surface area contributed by atoms with E-state index >= 15 is 0 Å². The maximum Gasteiger partial charge on any atom is 0.180 e. The number of halogens is 2. The van der Waals surface area contributed by atoms with E-state index in [-0.39, 0.29) is 5.82 Å². The predicted octanol–water partition coefficient (Wildman–Crippen LogP) is 9.06. The number of allylic oxidation sites excluding steroid dienone is 2. The molecule has 0 aliphatic carbocycles. The Morgan fingerprint density at radius 1 is 1.02 bits per heavy atom. The third kappa shape index (κ3) is 7.86. The van der Waals surface area contributed by atoms with Crippen LogP contribution in [0.5, 0.6) is 23.0 Å². The summed E-state index contributed by atoms with van der Waals surface area (Å²) in [5.41, 5.74) is 5.10. The Labute approximate surface area is 253 Å². The fourth-order valence-corrected chi connectivity index (χ4v) is 5.65. The maximum absolute atomic E-state index is 13.5. The highest BCUT2D eigenvalue weighted by Gasteiger charge is 2.35. The molecule has 1 atom stereocenters. The van der Waals surface area contributed by atoms with Crippen molar-refractivity contribution in [2.75, 3.05) is 26.9 Å². The number of fused-ring (bicyclic) bond motifs is 5. The lowest BCUT2D eigenvalue weighted by Gasteiger charge is -2.42. The summed E-state index contributed by atoms with van der Waals surface area (Å²) in [5.74, 6) is 2.36. The van der Waals surface area contributed by atoms with Crippen LogP contribution in [0.3, 0.4) is 0 Å². The summed E-state index contributed by atoms with van der Waals surface area (Å²) in [6.07, 6.45) is 2.93. The molecular formula is C34H41F2NO4S. The molecular weight excluding hydrogens is 556 g/mol. The minimum Gasteiger partial charge on any atom is -0.492 e. The largest absolute Gasteiger partial charge is 0.492 e. The van der Waals surface area contributed by atoms with Crippen molar-refractivity contribution < 1.29 is 27.2 Å². The summed E-state index contributed by atoms with van der Waals surface area (Å²) in [6, 6.07) is 15.1. The summed E-state index contributed by atoms with van der Waals surface area (Å²) in [4.78, 5) is 3.21. The second-order valence-electron chi connectivity index (χ2n) is 9.14. The molecule has 0 bridgehead atoms. The Morgan fingerprint density at radius 3 is 2.36 bits per heavy atom. The van der Waals surface area contributed by atoms with Crippen LogP contribution in [0.25, 0.3) is 0 Å². The van der Waals surface area contributed by atoms with Crippen molar-refractivity contribution in [3.8, 4) is 23.0 Å². The molecule has 0 aromatic heterocycles. The average molecular weight is 598 g/mol. The Balaban J connectivity index is 0.000000482. The predicted molar refractivity (Wildman–Crippen MR) is 167 cm³/mol. The second-order valence-corrected chi connectivity index (χ2v) is 9.95. The molecule has 42 heavy (non-hydrogen) atoms. The summed E-state index contributed by atoms with van der Waals surface area (Å²) < 4.78 is 48.0. The van der Waals surface area contributed by atoms with Crippen molar-refractivity contribution in [3.05, 3.63) is 102 Å². The molecule has 3 heterocycles. The first-order valence-electron chi connectivity index (χ1n) is 14.4. The van der Waals surface area contributed by atoms with E-state index in [0.29, 0.717) is 29.9 Å². The molecule has 3 aliphatic heterocycles. The van der Waals surface area contributed by atoms with E-state index in [1.807, 2.05) is 39.8 Å². The van der Waals surface area contributed by atoms with Gasteiger partial charge in [-0.2, -0.15) is 0 Å². The van der Waals surface area contributed by atoms with Crippen LogP contribution >= 0.6 is 12.0 Å². The summed E-state index contributed by atoms with van der Waals surface area (Å²) >= 11 is 1.14. The highest BCUT2D eigenvalue weighted by atomic mass is 32.2. The van der Waals surface area contributed by atoms with Gasteiger partial charge in [0.2, 0.25) is 0 Å². The van der Waals surface area contributed by atoms with Crippen molar-refractivity contribution in [1.29, 1.82) is 0 Å².